The molecule has 0 saturated carbocycles. The first kappa shape index (κ1) is 20.6. The van der Waals surface area contributed by atoms with Crippen molar-refractivity contribution in [1.29, 1.82) is 0 Å². The normalized spacial score (nSPS) is 15.4. The van der Waals surface area contributed by atoms with Gasteiger partial charge in [0.2, 0.25) is 5.91 Å². The molecule has 0 atom stereocenters. The van der Waals surface area contributed by atoms with Crippen LogP contribution in [0.4, 0.5) is 20.2 Å². The number of nitrogens with one attached hydrogen (secondary N) is 1. The molecule has 1 fully saturated rings. The maximum Gasteiger partial charge on any atom is 0.224 e. The van der Waals surface area contributed by atoms with Gasteiger partial charge in [0.25, 0.3) is 0 Å². The summed E-state index contributed by atoms with van der Waals surface area (Å²) in [6.07, 6.45) is 4.74. The lowest BCUT2D eigenvalue weighted by Crippen LogP contribution is -2.38. The number of halogens is 2. The van der Waals surface area contributed by atoms with E-state index in [0.717, 1.165) is 32.1 Å². The minimum atomic E-state index is -0.590. The van der Waals surface area contributed by atoms with E-state index in [9.17, 15) is 13.6 Å². The monoisotopic (exact) mass is 368 g/mol. The van der Waals surface area contributed by atoms with Crippen LogP contribution < -0.4 is 10.2 Å². The number of rotatable bonds is 7. The third-order valence-corrected chi connectivity index (χ3v) is 5.19. The Bertz CT molecular complexity index is 612. The molecule has 0 bridgehead atoms. The molecule has 0 spiro atoms. The van der Waals surface area contributed by atoms with Crippen LogP contribution in [0, 0.1) is 25.5 Å². The minimum absolute atomic E-state index is 0.0125. The van der Waals surface area contributed by atoms with E-state index in [-0.39, 0.29) is 34.5 Å². The molecule has 0 unspecified atom stereocenters. The fourth-order valence-corrected chi connectivity index (χ4v) is 3.47. The van der Waals surface area contributed by atoms with Crippen LogP contribution in [0.15, 0.2) is 0 Å². The molecule has 1 aliphatic rings. The summed E-state index contributed by atoms with van der Waals surface area (Å²) in [6.45, 7) is 6.34. The summed E-state index contributed by atoms with van der Waals surface area (Å²) in [5.41, 5.74) is 0.851. The molecular weight excluding hydrogens is 338 g/mol. The summed E-state index contributed by atoms with van der Waals surface area (Å²) in [7, 11) is 1.66. The van der Waals surface area contributed by atoms with Gasteiger partial charge < -0.3 is 15.0 Å². The highest BCUT2D eigenvalue weighted by Gasteiger charge is 2.28. The first-order valence-electron chi connectivity index (χ1n) is 9.46. The Morgan fingerprint density at radius 2 is 1.73 bits per heavy atom. The van der Waals surface area contributed by atoms with E-state index in [1.807, 2.05) is 0 Å². The predicted molar refractivity (Wildman–Crippen MR) is 101 cm³/mol. The minimum Gasteiger partial charge on any atom is -0.381 e. The summed E-state index contributed by atoms with van der Waals surface area (Å²) in [4.78, 5) is 13.8. The molecule has 0 radical (unpaired) electrons. The highest BCUT2D eigenvalue weighted by atomic mass is 19.1. The Morgan fingerprint density at radius 1 is 1.15 bits per heavy atom. The van der Waals surface area contributed by atoms with Crippen LogP contribution in [0.1, 0.15) is 56.6 Å². The molecule has 26 heavy (non-hydrogen) atoms. The summed E-state index contributed by atoms with van der Waals surface area (Å²) in [5.74, 6) is -1.38. The number of benzene rings is 1. The van der Waals surface area contributed by atoms with Crippen molar-refractivity contribution >= 4 is 17.3 Å². The molecular formula is C20H30F2N2O2. The Labute approximate surface area is 154 Å². The number of carbonyl (C=O) groups is 1. The molecule has 0 aromatic heterocycles. The molecule has 4 nitrogen and oxygen atoms in total. The van der Waals surface area contributed by atoms with Gasteiger partial charge in [-0.2, -0.15) is 0 Å². The first-order valence-corrected chi connectivity index (χ1v) is 9.46. The molecule has 1 saturated heterocycles. The van der Waals surface area contributed by atoms with Gasteiger partial charge in [0, 0.05) is 37.7 Å². The number of methoxy groups -OCH3 is 1. The van der Waals surface area contributed by atoms with Gasteiger partial charge in [-0.05, 0) is 33.1 Å². The van der Waals surface area contributed by atoms with Crippen LogP contribution in [0.5, 0.6) is 0 Å². The molecule has 2 rings (SSSR count). The summed E-state index contributed by atoms with van der Waals surface area (Å²) in [5, 5.41) is 2.71. The van der Waals surface area contributed by atoms with Crippen LogP contribution in [-0.4, -0.2) is 32.2 Å². The predicted octanol–water partition coefficient (Wildman–Crippen LogP) is 4.72. The largest absolute Gasteiger partial charge is 0.381 e. The number of piperidine rings is 1. The number of anilines is 2. The van der Waals surface area contributed by atoms with Crippen molar-refractivity contribution in [3.8, 4) is 0 Å². The van der Waals surface area contributed by atoms with Gasteiger partial charge in [0.15, 0.2) is 11.6 Å². The van der Waals surface area contributed by atoms with E-state index in [1.54, 1.807) is 25.9 Å². The van der Waals surface area contributed by atoms with Crippen molar-refractivity contribution in [2.75, 3.05) is 30.4 Å². The molecule has 146 valence electrons. The lowest BCUT2D eigenvalue weighted by Gasteiger charge is -2.34. The quantitative estimate of drug-likeness (QED) is 0.708. The topological polar surface area (TPSA) is 41.6 Å². The van der Waals surface area contributed by atoms with Gasteiger partial charge in [-0.25, -0.2) is 8.78 Å². The average molecular weight is 368 g/mol. The lowest BCUT2D eigenvalue weighted by molar-refractivity contribution is -0.116. The van der Waals surface area contributed by atoms with E-state index in [0.29, 0.717) is 19.5 Å². The van der Waals surface area contributed by atoms with Crippen molar-refractivity contribution in [1.82, 2.24) is 0 Å². The molecule has 1 aliphatic heterocycles. The van der Waals surface area contributed by atoms with E-state index in [2.05, 4.69) is 12.2 Å². The zero-order chi connectivity index (χ0) is 19.3. The maximum absolute atomic E-state index is 15.0. The van der Waals surface area contributed by atoms with Crippen molar-refractivity contribution in [2.45, 2.75) is 65.4 Å². The van der Waals surface area contributed by atoms with Gasteiger partial charge >= 0.3 is 0 Å². The van der Waals surface area contributed by atoms with Crippen LogP contribution in [0.3, 0.4) is 0 Å². The molecule has 1 aromatic rings. The summed E-state index contributed by atoms with van der Waals surface area (Å²) in [6, 6.07) is 0. The van der Waals surface area contributed by atoms with Crippen molar-refractivity contribution in [3.05, 3.63) is 22.8 Å². The molecule has 1 aromatic carbocycles. The van der Waals surface area contributed by atoms with Gasteiger partial charge in [-0.1, -0.05) is 19.8 Å². The van der Waals surface area contributed by atoms with Crippen LogP contribution in [-0.2, 0) is 9.53 Å². The highest BCUT2D eigenvalue weighted by molar-refractivity contribution is 5.93. The first-order chi connectivity index (χ1) is 12.4. The van der Waals surface area contributed by atoms with Crippen LogP contribution in [0.2, 0.25) is 0 Å². The van der Waals surface area contributed by atoms with Crippen LogP contribution >= 0.6 is 0 Å². The second-order valence-corrected chi connectivity index (χ2v) is 7.03. The van der Waals surface area contributed by atoms with E-state index in [1.165, 1.54) is 0 Å². The van der Waals surface area contributed by atoms with E-state index >= 15 is 0 Å². The smallest absolute Gasteiger partial charge is 0.224 e. The fourth-order valence-electron chi connectivity index (χ4n) is 3.47. The zero-order valence-corrected chi connectivity index (χ0v) is 16.3. The highest BCUT2D eigenvalue weighted by Crippen LogP contribution is 2.36. The fraction of sp³-hybridized carbons (Fsp3) is 0.650. The molecule has 1 amide bonds. The summed E-state index contributed by atoms with van der Waals surface area (Å²) < 4.78 is 35.2. The second-order valence-electron chi connectivity index (χ2n) is 7.03. The van der Waals surface area contributed by atoms with Crippen molar-refractivity contribution in [3.63, 3.8) is 0 Å². The third kappa shape index (κ3) is 4.53. The SMILES string of the molecule is CCCCCC(=O)Nc1c(C)c(F)c(N2CCC(OC)CC2)c(F)c1C. The third-order valence-electron chi connectivity index (χ3n) is 5.19. The number of amides is 1. The van der Waals surface area contributed by atoms with Gasteiger partial charge in [0.05, 0.1) is 11.8 Å². The Morgan fingerprint density at radius 3 is 2.23 bits per heavy atom. The number of hydrogen-bond acceptors (Lipinski definition) is 3. The van der Waals surface area contributed by atoms with E-state index in [4.69, 9.17) is 4.74 Å². The number of unbranched alkanes of at least 4 members (excludes halogenated alkanes) is 2. The van der Waals surface area contributed by atoms with Crippen molar-refractivity contribution < 1.29 is 18.3 Å². The average Bonchev–Trinajstić information content (AvgIpc) is 2.64. The van der Waals surface area contributed by atoms with Crippen molar-refractivity contribution in [2.24, 2.45) is 0 Å². The maximum atomic E-state index is 15.0. The Balaban J connectivity index is 2.22. The number of carbonyl (C=O) groups excluding carboxylic acids is 1. The molecule has 1 N–H and O–H groups in total. The molecule has 6 heteroatoms. The number of ether oxygens (including phenoxy) is 1. The number of nitrogens with zero attached hydrogens (tertiary/aromatic N) is 1. The second kappa shape index (κ2) is 9.31. The number of hydrogen-bond donors (Lipinski definition) is 1. The van der Waals surface area contributed by atoms with Crippen LogP contribution in [0.25, 0.3) is 0 Å². The molecule has 1 heterocycles. The lowest BCUT2D eigenvalue weighted by atomic mass is 10.0. The van der Waals surface area contributed by atoms with Gasteiger partial charge in [0.1, 0.15) is 5.69 Å². The zero-order valence-electron chi connectivity index (χ0n) is 16.3. The van der Waals surface area contributed by atoms with Gasteiger partial charge in [-0.15, -0.1) is 0 Å². The van der Waals surface area contributed by atoms with E-state index < -0.39 is 11.6 Å². The van der Waals surface area contributed by atoms with Gasteiger partial charge in [-0.3, -0.25) is 4.79 Å². The standard InChI is InChI=1S/C20H30F2N2O2/c1-5-6-7-8-16(25)23-19-13(2)17(21)20(18(22)14(19)3)24-11-9-15(26-4)10-12-24/h15H,5-12H2,1-4H3,(H,23,25). The Kier molecular flexibility index (Phi) is 7.38. The summed E-state index contributed by atoms with van der Waals surface area (Å²) >= 11 is 0. The Hall–Kier alpha value is -1.69. The molecule has 0 aliphatic carbocycles.